The number of hydrogen-bond donors (Lipinski definition) is 0. The third-order valence-corrected chi connectivity index (χ3v) is 1.73. The molecule has 3 heteroatoms. The molecule has 0 aromatic rings. The molecule has 0 bridgehead atoms. The maximum Gasteiger partial charge on any atom is 0.508 e. The molecule has 1 fully saturated rings. The molecule has 0 unspecified atom stereocenters. The molecule has 0 atom stereocenters. The van der Waals surface area contributed by atoms with Crippen LogP contribution in [0.2, 0.25) is 0 Å². The lowest BCUT2D eigenvalue weighted by atomic mass is 10.2. The largest absolute Gasteiger partial charge is 0.508 e. The molecule has 1 aliphatic rings. The molecular weight excluding hydrogens is 168 g/mol. The van der Waals surface area contributed by atoms with Crippen molar-refractivity contribution in [2.24, 2.45) is 0 Å². The van der Waals surface area contributed by atoms with Gasteiger partial charge in [-0.15, -0.1) is 0 Å². The van der Waals surface area contributed by atoms with Gasteiger partial charge in [0.05, 0.1) is 0 Å². The van der Waals surface area contributed by atoms with Gasteiger partial charge in [-0.2, -0.15) is 0 Å². The Morgan fingerprint density at radius 2 is 1.46 bits per heavy atom. The Morgan fingerprint density at radius 3 is 1.69 bits per heavy atom. The highest BCUT2D eigenvalue weighted by molar-refractivity contribution is 5.61. The summed E-state index contributed by atoms with van der Waals surface area (Å²) in [5.41, 5.74) is 0. The predicted molar refractivity (Wildman–Crippen MR) is 51.7 cm³/mol. The number of rotatable bonds is 4. The highest BCUT2D eigenvalue weighted by Crippen LogP contribution is 2.00. The van der Waals surface area contributed by atoms with Crippen LogP contribution in [0.1, 0.15) is 46.0 Å². The van der Waals surface area contributed by atoms with Crippen molar-refractivity contribution in [1.29, 1.82) is 0 Å². The number of unbranched alkanes of at least 4 members (excludes halogenated alkanes) is 4. The van der Waals surface area contributed by atoms with Crippen LogP contribution in [0, 0.1) is 0 Å². The van der Waals surface area contributed by atoms with Crippen LogP contribution < -0.4 is 0 Å². The molecule has 0 spiro atoms. The summed E-state index contributed by atoms with van der Waals surface area (Å²) in [6.07, 6.45) is 6.46. The van der Waals surface area contributed by atoms with E-state index in [0.717, 1.165) is 0 Å². The van der Waals surface area contributed by atoms with E-state index >= 15 is 0 Å². The lowest BCUT2D eigenvalue weighted by Crippen LogP contribution is -1.88. The van der Waals surface area contributed by atoms with Crippen LogP contribution in [0.5, 0.6) is 0 Å². The first-order valence-corrected chi connectivity index (χ1v) is 5.10. The molecule has 1 saturated heterocycles. The number of carbonyl (C=O) groups is 1. The van der Waals surface area contributed by atoms with E-state index in [4.69, 9.17) is 0 Å². The summed E-state index contributed by atoms with van der Waals surface area (Å²) in [6, 6.07) is 0. The Hall–Kier alpha value is -0.730. The van der Waals surface area contributed by atoms with Crippen molar-refractivity contribution in [3.8, 4) is 0 Å². The summed E-state index contributed by atoms with van der Waals surface area (Å²) in [5.74, 6) is 0. The number of carbonyl (C=O) groups excluding carboxylic acids is 1. The fourth-order valence-electron chi connectivity index (χ4n) is 0.968. The van der Waals surface area contributed by atoms with Crippen molar-refractivity contribution >= 4 is 6.16 Å². The fraction of sp³-hybridized carbons (Fsp3) is 0.900. The van der Waals surface area contributed by atoms with Gasteiger partial charge in [-0.3, -0.25) is 0 Å². The van der Waals surface area contributed by atoms with E-state index in [1.165, 1.54) is 32.1 Å². The third-order valence-electron chi connectivity index (χ3n) is 1.73. The third kappa shape index (κ3) is 9.18. The molecule has 1 aliphatic heterocycles. The van der Waals surface area contributed by atoms with Gasteiger partial charge in [0, 0.05) is 0 Å². The van der Waals surface area contributed by atoms with Gasteiger partial charge < -0.3 is 9.47 Å². The second-order valence-electron chi connectivity index (χ2n) is 3.01. The van der Waals surface area contributed by atoms with Gasteiger partial charge in [0.25, 0.3) is 0 Å². The molecule has 0 saturated carbocycles. The van der Waals surface area contributed by atoms with E-state index in [1.807, 2.05) is 0 Å². The average Bonchev–Trinajstić information content (AvgIpc) is 2.58. The summed E-state index contributed by atoms with van der Waals surface area (Å²) < 4.78 is 8.58. The second-order valence-corrected chi connectivity index (χ2v) is 3.01. The standard InChI is InChI=1S/C7H16.C3H4O3/c1-3-5-7-6-4-2;4-3-5-1-2-6-3/h3-7H2,1-2H3;1-2H2. The van der Waals surface area contributed by atoms with Gasteiger partial charge >= 0.3 is 6.16 Å². The van der Waals surface area contributed by atoms with Gasteiger partial charge in [-0.05, 0) is 0 Å². The fourth-order valence-corrected chi connectivity index (χ4v) is 0.968. The van der Waals surface area contributed by atoms with Gasteiger partial charge in [-0.25, -0.2) is 4.79 Å². The zero-order valence-electron chi connectivity index (χ0n) is 8.67. The van der Waals surface area contributed by atoms with E-state index in [0.29, 0.717) is 13.2 Å². The lowest BCUT2D eigenvalue weighted by Gasteiger charge is -1.90. The van der Waals surface area contributed by atoms with Crippen molar-refractivity contribution in [3.05, 3.63) is 0 Å². The van der Waals surface area contributed by atoms with Gasteiger partial charge in [0.15, 0.2) is 0 Å². The second kappa shape index (κ2) is 9.36. The summed E-state index contributed by atoms with van der Waals surface area (Å²) in [4.78, 5) is 9.80. The quantitative estimate of drug-likeness (QED) is 0.502. The van der Waals surface area contributed by atoms with Gasteiger partial charge in [0.1, 0.15) is 13.2 Å². The molecule has 0 aromatic heterocycles. The van der Waals surface area contributed by atoms with Crippen molar-refractivity contribution in [2.75, 3.05) is 13.2 Å². The highest BCUT2D eigenvalue weighted by atomic mass is 16.8. The van der Waals surface area contributed by atoms with E-state index in [9.17, 15) is 4.79 Å². The molecule has 0 aromatic carbocycles. The minimum absolute atomic E-state index is 0.416. The normalized spacial score (nSPS) is 14.2. The monoisotopic (exact) mass is 188 g/mol. The zero-order valence-corrected chi connectivity index (χ0v) is 8.67. The summed E-state index contributed by atoms with van der Waals surface area (Å²) in [6.45, 7) is 5.32. The van der Waals surface area contributed by atoms with Crippen LogP contribution in [-0.2, 0) is 9.47 Å². The Labute approximate surface area is 80.4 Å². The first-order chi connectivity index (χ1) is 6.31. The molecule has 3 nitrogen and oxygen atoms in total. The van der Waals surface area contributed by atoms with Gasteiger partial charge in [-0.1, -0.05) is 46.0 Å². The Morgan fingerprint density at radius 1 is 1.00 bits per heavy atom. The number of hydrogen-bond acceptors (Lipinski definition) is 3. The molecule has 0 radical (unpaired) electrons. The maximum absolute atomic E-state index is 9.80. The van der Waals surface area contributed by atoms with Crippen LogP contribution in [0.4, 0.5) is 4.79 Å². The molecule has 0 aliphatic carbocycles. The van der Waals surface area contributed by atoms with E-state index in [2.05, 4.69) is 23.3 Å². The van der Waals surface area contributed by atoms with Crippen LogP contribution in [0.15, 0.2) is 0 Å². The topological polar surface area (TPSA) is 35.5 Å². The molecule has 1 heterocycles. The molecule has 13 heavy (non-hydrogen) atoms. The van der Waals surface area contributed by atoms with Crippen LogP contribution in [0.3, 0.4) is 0 Å². The maximum atomic E-state index is 9.80. The van der Waals surface area contributed by atoms with Crippen LogP contribution in [-0.4, -0.2) is 19.4 Å². The predicted octanol–water partition coefficient (Wildman–Crippen LogP) is 3.13. The Bertz CT molecular complexity index is 111. The molecule has 78 valence electrons. The molecule has 1 rings (SSSR count). The average molecular weight is 188 g/mol. The van der Waals surface area contributed by atoms with Crippen molar-refractivity contribution in [3.63, 3.8) is 0 Å². The van der Waals surface area contributed by atoms with E-state index < -0.39 is 6.16 Å². The highest BCUT2D eigenvalue weighted by Gasteiger charge is 2.09. The first-order valence-electron chi connectivity index (χ1n) is 5.10. The van der Waals surface area contributed by atoms with Gasteiger partial charge in [0.2, 0.25) is 0 Å². The Kier molecular flexibility index (Phi) is 8.83. The van der Waals surface area contributed by atoms with E-state index in [-0.39, 0.29) is 0 Å². The summed E-state index contributed by atoms with van der Waals surface area (Å²) in [5, 5.41) is 0. The minimum Gasteiger partial charge on any atom is -0.431 e. The lowest BCUT2D eigenvalue weighted by molar-refractivity contribution is 0.131. The number of cyclic esters (lactones) is 2. The minimum atomic E-state index is -0.546. The Balaban J connectivity index is 0.000000223. The van der Waals surface area contributed by atoms with Crippen LogP contribution in [0.25, 0.3) is 0 Å². The summed E-state index contributed by atoms with van der Waals surface area (Å²) in [7, 11) is 0. The smallest absolute Gasteiger partial charge is 0.431 e. The van der Waals surface area contributed by atoms with E-state index in [1.54, 1.807) is 0 Å². The molecular formula is C10H20O3. The number of ether oxygens (including phenoxy) is 2. The summed E-state index contributed by atoms with van der Waals surface area (Å²) >= 11 is 0. The van der Waals surface area contributed by atoms with Crippen LogP contribution >= 0.6 is 0 Å². The molecule has 0 N–H and O–H groups in total. The SMILES string of the molecule is CCCCCCC.O=C1OCCO1. The van der Waals surface area contributed by atoms with Crippen molar-refractivity contribution < 1.29 is 14.3 Å². The van der Waals surface area contributed by atoms with Crippen molar-refractivity contribution in [1.82, 2.24) is 0 Å². The van der Waals surface area contributed by atoms with Crippen molar-refractivity contribution in [2.45, 2.75) is 46.0 Å². The zero-order chi connectivity index (χ0) is 9.94. The first kappa shape index (κ1) is 12.3. The molecule has 0 amide bonds.